The summed E-state index contributed by atoms with van der Waals surface area (Å²) in [5.41, 5.74) is -0.933. The van der Waals surface area contributed by atoms with Crippen LogP contribution in [0.1, 0.15) is 10.4 Å². The molecule has 27 heavy (non-hydrogen) atoms. The zero-order valence-corrected chi connectivity index (χ0v) is 14.2. The van der Waals surface area contributed by atoms with Gasteiger partial charge in [-0.2, -0.15) is 0 Å². The molecule has 0 unspecified atom stereocenters. The Morgan fingerprint density at radius 2 is 1.89 bits per heavy atom. The number of aromatic hydroxyl groups is 1. The lowest BCUT2D eigenvalue weighted by Crippen LogP contribution is -2.35. The van der Waals surface area contributed by atoms with Gasteiger partial charge >= 0.3 is 5.97 Å². The van der Waals surface area contributed by atoms with Crippen molar-refractivity contribution in [3.05, 3.63) is 58.6 Å². The van der Waals surface area contributed by atoms with Crippen LogP contribution in [-0.4, -0.2) is 38.2 Å². The van der Waals surface area contributed by atoms with E-state index in [1.807, 2.05) is 0 Å². The summed E-state index contributed by atoms with van der Waals surface area (Å²) in [5.74, 6) is -1.78. The first-order chi connectivity index (χ1) is 12.9. The molecule has 0 fully saturated rings. The molecule has 3 N–H and O–H groups in total. The molecule has 3 rings (SSSR count). The average molecular weight is 369 g/mol. The summed E-state index contributed by atoms with van der Waals surface area (Å²) in [6.45, 7) is -0.668. The summed E-state index contributed by atoms with van der Waals surface area (Å²) in [6, 6.07) is 7.96. The Kier molecular flexibility index (Phi) is 4.75. The lowest BCUT2D eigenvalue weighted by atomic mass is 10.1. The number of carbonyl (C=O) groups is 2. The van der Waals surface area contributed by atoms with Crippen molar-refractivity contribution in [1.82, 2.24) is 14.9 Å². The Hall–Kier alpha value is -3.88. The number of carbonyl (C=O) groups excluding carboxylic acids is 1. The van der Waals surface area contributed by atoms with Gasteiger partial charge in [0.2, 0.25) is 0 Å². The van der Waals surface area contributed by atoms with Crippen molar-refractivity contribution in [2.45, 2.75) is 0 Å². The fourth-order valence-electron chi connectivity index (χ4n) is 2.56. The van der Waals surface area contributed by atoms with Crippen LogP contribution in [0, 0.1) is 0 Å². The Morgan fingerprint density at radius 3 is 2.56 bits per heavy atom. The lowest BCUT2D eigenvalue weighted by molar-refractivity contribution is -0.135. The molecule has 2 heterocycles. The standard InChI is InChI=1S/C18H15N3O6/c1-21-13-8-11(27-10-4-6-19-7-5-10)2-3-12(13)16(24)15(18(21)26)17(25)20-9-14(22)23/h2-8,24H,9H2,1H3,(H,20,25)(H,22,23). The van der Waals surface area contributed by atoms with Crippen LogP contribution < -0.4 is 15.6 Å². The first-order valence-electron chi connectivity index (χ1n) is 7.82. The molecule has 3 aromatic rings. The highest BCUT2D eigenvalue weighted by Gasteiger charge is 2.21. The van der Waals surface area contributed by atoms with E-state index in [0.717, 1.165) is 0 Å². The van der Waals surface area contributed by atoms with Crippen LogP contribution in [0.15, 0.2) is 47.5 Å². The minimum Gasteiger partial charge on any atom is -0.506 e. The number of aromatic nitrogens is 2. The van der Waals surface area contributed by atoms with Gasteiger partial charge in [0.05, 0.1) is 5.52 Å². The van der Waals surface area contributed by atoms with E-state index in [1.54, 1.807) is 36.7 Å². The van der Waals surface area contributed by atoms with Gasteiger partial charge in [0.1, 0.15) is 29.4 Å². The van der Waals surface area contributed by atoms with Gasteiger partial charge in [0.15, 0.2) is 0 Å². The SMILES string of the molecule is Cn1c(=O)c(C(=O)NCC(=O)O)c(O)c2ccc(Oc3ccncc3)cc21. The van der Waals surface area contributed by atoms with Crippen molar-refractivity contribution in [3.8, 4) is 17.2 Å². The summed E-state index contributed by atoms with van der Waals surface area (Å²) in [5, 5.41) is 21.4. The Morgan fingerprint density at radius 1 is 1.19 bits per heavy atom. The molecule has 0 aliphatic heterocycles. The Bertz CT molecular complexity index is 1090. The molecule has 0 bridgehead atoms. The van der Waals surface area contributed by atoms with Crippen molar-refractivity contribution in [1.29, 1.82) is 0 Å². The fraction of sp³-hybridized carbons (Fsp3) is 0.111. The fourth-order valence-corrected chi connectivity index (χ4v) is 2.56. The van der Waals surface area contributed by atoms with E-state index in [0.29, 0.717) is 17.0 Å². The topological polar surface area (TPSA) is 131 Å². The number of ether oxygens (including phenoxy) is 1. The van der Waals surface area contributed by atoms with Crippen LogP contribution in [0.25, 0.3) is 10.9 Å². The molecular formula is C18H15N3O6. The maximum atomic E-state index is 12.5. The van der Waals surface area contributed by atoms with Gasteiger partial charge in [-0.05, 0) is 24.3 Å². The van der Waals surface area contributed by atoms with E-state index in [9.17, 15) is 19.5 Å². The first kappa shape index (κ1) is 17.9. The molecule has 1 amide bonds. The minimum absolute atomic E-state index is 0.250. The van der Waals surface area contributed by atoms with E-state index >= 15 is 0 Å². The van der Waals surface area contributed by atoms with Crippen molar-refractivity contribution in [2.24, 2.45) is 7.05 Å². The number of amides is 1. The number of aliphatic carboxylic acids is 1. The van der Waals surface area contributed by atoms with E-state index in [2.05, 4.69) is 10.3 Å². The van der Waals surface area contributed by atoms with E-state index in [-0.39, 0.29) is 5.39 Å². The molecule has 0 radical (unpaired) electrons. The molecule has 1 aromatic carbocycles. The van der Waals surface area contributed by atoms with Crippen LogP contribution >= 0.6 is 0 Å². The van der Waals surface area contributed by atoms with E-state index in [4.69, 9.17) is 9.84 Å². The van der Waals surface area contributed by atoms with Crippen molar-refractivity contribution in [3.63, 3.8) is 0 Å². The number of nitrogens with zero attached hydrogens (tertiary/aromatic N) is 2. The summed E-state index contributed by atoms with van der Waals surface area (Å²) in [6.07, 6.45) is 3.14. The quantitative estimate of drug-likeness (QED) is 0.617. The second kappa shape index (κ2) is 7.16. The van der Waals surface area contributed by atoms with Crippen molar-refractivity contribution in [2.75, 3.05) is 6.54 Å². The van der Waals surface area contributed by atoms with E-state index < -0.39 is 35.3 Å². The van der Waals surface area contributed by atoms with Gasteiger partial charge in [-0.3, -0.25) is 19.4 Å². The highest BCUT2D eigenvalue weighted by Crippen LogP contribution is 2.30. The van der Waals surface area contributed by atoms with Crippen LogP contribution in [-0.2, 0) is 11.8 Å². The highest BCUT2D eigenvalue weighted by molar-refractivity contribution is 6.03. The predicted octanol–water partition coefficient (Wildman–Crippen LogP) is 1.25. The summed E-state index contributed by atoms with van der Waals surface area (Å²) in [7, 11) is 1.44. The maximum absolute atomic E-state index is 12.5. The molecule has 138 valence electrons. The largest absolute Gasteiger partial charge is 0.506 e. The normalized spacial score (nSPS) is 10.6. The minimum atomic E-state index is -1.27. The predicted molar refractivity (Wildman–Crippen MR) is 95.1 cm³/mol. The zero-order valence-electron chi connectivity index (χ0n) is 14.2. The third-order valence-corrected chi connectivity index (χ3v) is 3.85. The number of fused-ring (bicyclic) bond motifs is 1. The van der Waals surface area contributed by atoms with Gasteiger partial charge < -0.3 is 24.8 Å². The number of aryl methyl sites for hydroxylation is 1. The Labute approximate surface area is 152 Å². The number of carboxylic acids is 1. The van der Waals surface area contributed by atoms with Crippen molar-refractivity contribution < 1.29 is 24.5 Å². The molecule has 0 spiro atoms. The van der Waals surface area contributed by atoms with Crippen LogP contribution in [0.4, 0.5) is 0 Å². The summed E-state index contributed by atoms with van der Waals surface area (Å²) in [4.78, 5) is 39.1. The van der Waals surface area contributed by atoms with E-state index in [1.165, 1.54) is 17.7 Å². The zero-order chi connectivity index (χ0) is 19.6. The third kappa shape index (κ3) is 3.56. The van der Waals surface area contributed by atoms with Gasteiger partial charge in [0.25, 0.3) is 11.5 Å². The molecular weight excluding hydrogens is 354 g/mol. The monoisotopic (exact) mass is 369 g/mol. The molecule has 0 atom stereocenters. The second-order valence-corrected chi connectivity index (χ2v) is 5.63. The smallest absolute Gasteiger partial charge is 0.322 e. The van der Waals surface area contributed by atoms with Crippen LogP contribution in [0.2, 0.25) is 0 Å². The number of hydrogen-bond donors (Lipinski definition) is 3. The molecule has 9 nitrogen and oxygen atoms in total. The van der Waals surface area contributed by atoms with Gasteiger partial charge in [0, 0.05) is 30.9 Å². The average Bonchev–Trinajstić information content (AvgIpc) is 2.65. The molecule has 9 heteroatoms. The number of pyridine rings is 2. The molecule has 0 aliphatic rings. The van der Waals surface area contributed by atoms with Gasteiger partial charge in [-0.15, -0.1) is 0 Å². The highest BCUT2D eigenvalue weighted by atomic mass is 16.5. The summed E-state index contributed by atoms with van der Waals surface area (Å²) < 4.78 is 6.87. The maximum Gasteiger partial charge on any atom is 0.322 e. The van der Waals surface area contributed by atoms with Crippen molar-refractivity contribution >= 4 is 22.8 Å². The third-order valence-electron chi connectivity index (χ3n) is 3.85. The number of carboxylic acid groups (broad SMARTS) is 1. The van der Waals surface area contributed by atoms with Crippen LogP contribution in [0.5, 0.6) is 17.2 Å². The van der Waals surface area contributed by atoms with Crippen LogP contribution in [0.3, 0.4) is 0 Å². The lowest BCUT2D eigenvalue weighted by Gasteiger charge is -2.13. The number of rotatable bonds is 5. The molecule has 2 aromatic heterocycles. The molecule has 0 saturated heterocycles. The Balaban J connectivity index is 2.05. The first-order valence-corrected chi connectivity index (χ1v) is 7.82. The summed E-state index contributed by atoms with van der Waals surface area (Å²) >= 11 is 0. The second-order valence-electron chi connectivity index (χ2n) is 5.63. The molecule has 0 saturated carbocycles. The van der Waals surface area contributed by atoms with Gasteiger partial charge in [-0.1, -0.05) is 0 Å². The molecule has 0 aliphatic carbocycles. The number of nitrogens with one attached hydrogen (secondary N) is 1. The number of benzene rings is 1. The number of hydrogen-bond acceptors (Lipinski definition) is 6. The van der Waals surface area contributed by atoms with Gasteiger partial charge in [-0.25, -0.2) is 0 Å².